The van der Waals surface area contributed by atoms with E-state index >= 15 is 0 Å². The van der Waals surface area contributed by atoms with Crippen molar-refractivity contribution in [1.82, 2.24) is 0 Å². The maximum Gasteiger partial charge on any atom is 0.418 e. The lowest BCUT2D eigenvalue weighted by Crippen LogP contribution is -2.33. The van der Waals surface area contributed by atoms with Crippen molar-refractivity contribution in [3.8, 4) is 11.1 Å². The maximum absolute atomic E-state index is 12.1. The van der Waals surface area contributed by atoms with Crippen molar-refractivity contribution in [3.05, 3.63) is 56.5 Å². The molecule has 6 heteroatoms. The Hall–Kier alpha value is -1.66. The van der Waals surface area contributed by atoms with E-state index in [1.54, 1.807) is 0 Å². The number of benzene rings is 2. The van der Waals surface area contributed by atoms with Crippen LogP contribution in [0.5, 0.6) is 0 Å². The van der Waals surface area contributed by atoms with Crippen molar-refractivity contribution in [3.63, 3.8) is 0 Å². The van der Waals surface area contributed by atoms with Crippen LogP contribution in [-0.4, -0.2) is 24.1 Å². The average molecular weight is 566 g/mol. The van der Waals surface area contributed by atoms with Crippen molar-refractivity contribution in [2.45, 2.75) is 70.8 Å². The topological polar surface area (TPSA) is 52.6 Å². The van der Waals surface area contributed by atoms with Gasteiger partial charge in [0, 0.05) is 14.4 Å². The number of ether oxygens (including phenoxy) is 2. The Morgan fingerprint density at radius 2 is 1.50 bits per heavy atom. The van der Waals surface area contributed by atoms with Crippen molar-refractivity contribution < 1.29 is 19.1 Å². The fraction of sp³-hybridized carbons (Fsp3) is 0.462. The van der Waals surface area contributed by atoms with Crippen molar-refractivity contribution in [2.24, 2.45) is 0 Å². The van der Waals surface area contributed by atoms with E-state index in [0.717, 1.165) is 28.2 Å². The molecule has 0 amide bonds. The molecule has 0 heterocycles. The summed E-state index contributed by atoms with van der Waals surface area (Å²) in [6, 6.07) is 12.8. The number of hydrogen-bond donors (Lipinski definition) is 0. The summed E-state index contributed by atoms with van der Waals surface area (Å²) in [6.07, 6.45) is 4.06. The van der Waals surface area contributed by atoms with Gasteiger partial charge in [0.15, 0.2) is 0 Å². The first-order valence-electron chi connectivity index (χ1n) is 11.1. The van der Waals surface area contributed by atoms with Gasteiger partial charge in [-0.1, -0.05) is 64.3 Å². The van der Waals surface area contributed by atoms with E-state index in [4.69, 9.17) is 9.47 Å². The summed E-state index contributed by atoms with van der Waals surface area (Å²) in [7, 11) is 0. The summed E-state index contributed by atoms with van der Waals surface area (Å²) < 4.78 is 12.7. The molecule has 0 unspecified atom stereocenters. The molecule has 0 saturated carbocycles. The van der Waals surface area contributed by atoms with Crippen LogP contribution >= 0.6 is 31.9 Å². The van der Waals surface area contributed by atoms with Gasteiger partial charge in [-0.15, -0.1) is 0 Å². The molecule has 0 bridgehead atoms. The number of hydrogen-bond acceptors (Lipinski definition) is 4. The van der Waals surface area contributed by atoms with Gasteiger partial charge in [0.25, 0.3) is 0 Å². The van der Waals surface area contributed by atoms with Crippen LogP contribution < -0.4 is 0 Å². The zero-order valence-electron chi connectivity index (χ0n) is 19.1. The third-order valence-electron chi connectivity index (χ3n) is 6.16. The quantitative estimate of drug-likeness (QED) is 0.191. The van der Waals surface area contributed by atoms with Crippen LogP contribution in [0.3, 0.4) is 0 Å². The summed E-state index contributed by atoms with van der Waals surface area (Å²) in [5, 5.41) is 0. The molecule has 0 saturated heterocycles. The summed E-state index contributed by atoms with van der Waals surface area (Å²) >= 11 is 7.20. The van der Waals surface area contributed by atoms with Gasteiger partial charge in [0.2, 0.25) is 0 Å². The molecular weight excluding hydrogens is 536 g/mol. The highest BCUT2D eigenvalue weighted by atomic mass is 79.9. The van der Waals surface area contributed by atoms with Crippen LogP contribution in [0.4, 0.5) is 0 Å². The smallest absolute Gasteiger partial charge is 0.418 e. The molecule has 1 aliphatic rings. The first kappa shape index (κ1) is 25.0. The molecule has 0 N–H and O–H groups in total. The predicted octanol–water partition coefficient (Wildman–Crippen LogP) is 7.33. The van der Waals surface area contributed by atoms with Gasteiger partial charge >= 0.3 is 11.9 Å². The van der Waals surface area contributed by atoms with Crippen LogP contribution in [0.2, 0.25) is 0 Å². The standard InChI is InChI=1S/C26H30Br2O4/c1-5-6-12-25(2,3)32-24(30)23(29)31-14-7-13-26(4)21-15-17(27)8-10-19(21)20-11-9-18(28)16-22(20)26/h8-11,15-16H,5-7,12-14H2,1-4H3. The van der Waals surface area contributed by atoms with Crippen LogP contribution in [0.25, 0.3) is 11.1 Å². The van der Waals surface area contributed by atoms with E-state index in [1.165, 1.54) is 22.3 Å². The molecule has 0 radical (unpaired) electrons. The minimum atomic E-state index is -0.919. The van der Waals surface area contributed by atoms with Crippen LogP contribution in [0.1, 0.15) is 70.9 Å². The number of fused-ring (bicyclic) bond motifs is 3. The molecule has 0 fully saturated rings. The molecule has 0 aliphatic heterocycles. The van der Waals surface area contributed by atoms with Crippen molar-refractivity contribution >= 4 is 43.8 Å². The van der Waals surface area contributed by atoms with Crippen LogP contribution in [0.15, 0.2) is 45.3 Å². The monoisotopic (exact) mass is 564 g/mol. The van der Waals surface area contributed by atoms with Crippen LogP contribution in [0, 0.1) is 0 Å². The molecular formula is C26H30Br2O4. The first-order chi connectivity index (χ1) is 15.1. The van der Waals surface area contributed by atoms with Crippen molar-refractivity contribution in [1.29, 1.82) is 0 Å². The van der Waals surface area contributed by atoms with E-state index in [2.05, 4.69) is 82.1 Å². The number of esters is 2. The summed E-state index contributed by atoms with van der Waals surface area (Å²) in [6.45, 7) is 8.11. The van der Waals surface area contributed by atoms with Crippen molar-refractivity contribution in [2.75, 3.05) is 6.61 Å². The molecule has 172 valence electrons. The third-order valence-corrected chi connectivity index (χ3v) is 7.15. The number of carbonyl (C=O) groups is 2. The molecule has 2 aromatic carbocycles. The molecule has 2 aromatic rings. The lowest BCUT2D eigenvalue weighted by atomic mass is 9.76. The second kappa shape index (κ2) is 10.1. The minimum absolute atomic E-state index is 0.172. The molecule has 4 nitrogen and oxygen atoms in total. The number of halogens is 2. The number of carbonyl (C=O) groups excluding carboxylic acids is 2. The lowest BCUT2D eigenvalue weighted by molar-refractivity contribution is -0.176. The predicted molar refractivity (Wildman–Crippen MR) is 134 cm³/mol. The van der Waals surface area contributed by atoms with Gasteiger partial charge in [0.1, 0.15) is 5.60 Å². The molecule has 1 aliphatic carbocycles. The lowest BCUT2D eigenvalue weighted by Gasteiger charge is -2.28. The fourth-order valence-corrected chi connectivity index (χ4v) is 5.15. The largest absolute Gasteiger partial charge is 0.457 e. The maximum atomic E-state index is 12.1. The van der Waals surface area contributed by atoms with E-state index in [0.29, 0.717) is 12.8 Å². The molecule has 0 spiro atoms. The van der Waals surface area contributed by atoms with Gasteiger partial charge in [-0.3, -0.25) is 0 Å². The third kappa shape index (κ3) is 5.45. The Morgan fingerprint density at radius 3 is 2.03 bits per heavy atom. The molecule has 0 atom stereocenters. The fourth-order valence-electron chi connectivity index (χ4n) is 4.43. The zero-order valence-corrected chi connectivity index (χ0v) is 22.3. The van der Waals surface area contributed by atoms with E-state index < -0.39 is 17.5 Å². The molecule has 32 heavy (non-hydrogen) atoms. The Balaban J connectivity index is 1.64. The van der Waals surface area contributed by atoms with Gasteiger partial charge in [-0.05, 0) is 86.1 Å². The first-order valence-corrected chi connectivity index (χ1v) is 12.7. The highest BCUT2D eigenvalue weighted by Crippen LogP contribution is 2.52. The Labute approximate surface area is 207 Å². The van der Waals surface area contributed by atoms with E-state index in [1.807, 2.05) is 13.8 Å². The second-order valence-corrected chi connectivity index (χ2v) is 11.0. The molecule has 0 aromatic heterocycles. The Kier molecular flexibility index (Phi) is 7.87. The van der Waals surface area contributed by atoms with Crippen LogP contribution in [-0.2, 0) is 24.5 Å². The van der Waals surface area contributed by atoms with Gasteiger partial charge < -0.3 is 9.47 Å². The van der Waals surface area contributed by atoms with Gasteiger partial charge in [-0.25, -0.2) is 9.59 Å². The van der Waals surface area contributed by atoms with E-state index in [9.17, 15) is 9.59 Å². The zero-order chi connectivity index (χ0) is 23.5. The van der Waals surface area contributed by atoms with Gasteiger partial charge in [-0.2, -0.15) is 0 Å². The average Bonchev–Trinajstić information content (AvgIpc) is 2.97. The summed E-state index contributed by atoms with van der Waals surface area (Å²) in [5.41, 5.74) is 4.08. The highest BCUT2D eigenvalue weighted by Gasteiger charge is 2.39. The number of unbranched alkanes of at least 4 members (excludes halogenated alkanes) is 1. The van der Waals surface area contributed by atoms with E-state index in [-0.39, 0.29) is 12.0 Å². The number of rotatable bonds is 8. The SMILES string of the molecule is CCCCC(C)(C)OC(=O)C(=O)OCCCC1(C)c2cc(Br)ccc2-c2ccc(Br)cc21. The Bertz CT molecular complexity index is 961. The molecule has 3 rings (SSSR count). The highest BCUT2D eigenvalue weighted by molar-refractivity contribution is 9.10. The second-order valence-electron chi connectivity index (χ2n) is 9.20. The van der Waals surface area contributed by atoms with Gasteiger partial charge in [0.05, 0.1) is 6.61 Å². The minimum Gasteiger partial charge on any atom is -0.457 e. The normalized spacial score (nSPS) is 13.9. The summed E-state index contributed by atoms with van der Waals surface area (Å²) in [5.74, 6) is -1.83. The Morgan fingerprint density at radius 1 is 0.938 bits per heavy atom. The summed E-state index contributed by atoms with van der Waals surface area (Å²) in [4.78, 5) is 24.3.